The third-order valence-corrected chi connectivity index (χ3v) is 3.28. The van der Waals surface area contributed by atoms with Crippen LogP contribution < -0.4 is 9.47 Å². The molecule has 0 saturated heterocycles. The van der Waals surface area contributed by atoms with Crippen molar-refractivity contribution in [2.24, 2.45) is 5.92 Å². The second-order valence-electron chi connectivity index (χ2n) is 4.38. The Bertz CT molecular complexity index is 479. The van der Waals surface area contributed by atoms with Gasteiger partial charge in [-0.3, -0.25) is 9.59 Å². The fraction of sp³-hybridized carbons (Fsp3) is 0.429. The van der Waals surface area contributed by atoms with E-state index in [1.807, 2.05) is 0 Å². The van der Waals surface area contributed by atoms with Gasteiger partial charge in [0.2, 0.25) is 0 Å². The lowest BCUT2D eigenvalue weighted by Gasteiger charge is -2.14. The van der Waals surface area contributed by atoms with Gasteiger partial charge in [-0.2, -0.15) is 0 Å². The number of carbonyl (C=O) groups excluding carboxylic acids is 2. The average Bonchev–Trinajstić information content (AvgIpc) is 2.83. The summed E-state index contributed by atoms with van der Waals surface area (Å²) in [7, 11) is 3.04. The SMILES string of the molecule is COc1cccc(C(=O)C2CCC(=O)C2)c1OC. The zero-order chi connectivity index (χ0) is 13.1. The molecule has 0 heterocycles. The number of hydrogen-bond donors (Lipinski definition) is 0. The Morgan fingerprint density at radius 1 is 1.28 bits per heavy atom. The van der Waals surface area contributed by atoms with Crippen LogP contribution in [-0.4, -0.2) is 25.8 Å². The maximum absolute atomic E-state index is 12.4. The van der Waals surface area contributed by atoms with Crippen molar-refractivity contribution in [3.8, 4) is 11.5 Å². The Balaban J connectivity index is 2.32. The lowest BCUT2D eigenvalue weighted by molar-refractivity contribution is -0.117. The van der Waals surface area contributed by atoms with Crippen molar-refractivity contribution in [3.05, 3.63) is 23.8 Å². The predicted molar refractivity (Wildman–Crippen MR) is 66.2 cm³/mol. The highest BCUT2D eigenvalue weighted by molar-refractivity contribution is 6.04. The van der Waals surface area contributed by atoms with Crippen molar-refractivity contribution < 1.29 is 19.1 Å². The van der Waals surface area contributed by atoms with Crippen LogP contribution in [0.2, 0.25) is 0 Å². The van der Waals surface area contributed by atoms with Crippen LogP contribution in [-0.2, 0) is 4.79 Å². The average molecular weight is 248 g/mol. The maximum atomic E-state index is 12.4. The Labute approximate surface area is 106 Å². The summed E-state index contributed by atoms with van der Waals surface area (Å²) in [5.74, 6) is 0.905. The van der Waals surface area contributed by atoms with Gasteiger partial charge in [0.15, 0.2) is 17.3 Å². The highest BCUT2D eigenvalue weighted by Gasteiger charge is 2.31. The molecule has 0 aliphatic heterocycles. The first-order chi connectivity index (χ1) is 8.67. The first-order valence-corrected chi connectivity index (χ1v) is 5.94. The summed E-state index contributed by atoms with van der Waals surface area (Å²) in [6.45, 7) is 0. The van der Waals surface area contributed by atoms with Gasteiger partial charge in [0.25, 0.3) is 0 Å². The number of Topliss-reactive ketones (excluding diaryl/α,β-unsaturated/α-hetero) is 2. The quantitative estimate of drug-likeness (QED) is 0.767. The molecule has 0 radical (unpaired) electrons. The molecule has 1 unspecified atom stereocenters. The van der Waals surface area contributed by atoms with Gasteiger partial charge < -0.3 is 9.47 Å². The largest absolute Gasteiger partial charge is 0.493 e. The molecule has 1 atom stereocenters. The van der Waals surface area contributed by atoms with Crippen molar-refractivity contribution >= 4 is 11.6 Å². The minimum absolute atomic E-state index is 0.0309. The molecular weight excluding hydrogens is 232 g/mol. The Morgan fingerprint density at radius 3 is 2.61 bits per heavy atom. The number of carbonyl (C=O) groups is 2. The topological polar surface area (TPSA) is 52.6 Å². The number of para-hydroxylation sites is 1. The van der Waals surface area contributed by atoms with Crippen LogP contribution in [0.4, 0.5) is 0 Å². The van der Waals surface area contributed by atoms with Crippen LogP contribution in [0.25, 0.3) is 0 Å². The summed E-state index contributed by atoms with van der Waals surface area (Å²) in [6.07, 6.45) is 1.49. The van der Waals surface area contributed by atoms with Gasteiger partial charge in [-0.15, -0.1) is 0 Å². The third kappa shape index (κ3) is 2.23. The molecule has 0 aromatic heterocycles. The lowest BCUT2D eigenvalue weighted by atomic mass is 9.95. The standard InChI is InChI=1S/C14H16O4/c1-17-12-5-3-4-11(14(12)18-2)13(16)9-6-7-10(15)8-9/h3-5,9H,6-8H2,1-2H3. The van der Waals surface area contributed by atoms with Crippen LogP contribution in [0, 0.1) is 5.92 Å². The first kappa shape index (κ1) is 12.6. The van der Waals surface area contributed by atoms with E-state index in [0.717, 1.165) is 0 Å². The molecule has 0 amide bonds. The highest BCUT2D eigenvalue weighted by atomic mass is 16.5. The van der Waals surface area contributed by atoms with Crippen LogP contribution >= 0.6 is 0 Å². The predicted octanol–water partition coefficient (Wildman–Crippen LogP) is 2.26. The molecule has 1 aliphatic carbocycles. The molecule has 1 fully saturated rings. The fourth-order valence-corrected chi connectivity index (χ4v) is 2.34. The Hall–Kier alpha value is -1.84. The summed E-state index contributed by atoms with van der Waals surface area (Å²) in [5, 5.41) is 0. The zero-order valence-electron chi connectivity index (χ0n) is 10.6. The van der Waals surface area contributed by atoms with Crippen molar-refractivity contribution in [2.45, 2.75) is 19.3 Å². The number of rotatable bonds is 4. The summed E-state index contributed by atoms with van der Waals surface area (Å²) >= 11 is 0. The van der Waals surface area contributed by atoms with Crippen molar-refractivity contribution in [1.29, 1.82) is 0 Å². The molecule has 1 aromatic carbocycles. The Kier molecular flexibility index (Phi) is 3.65. The summed E-state index contributed by atoms with van der Waals surface area (Å²) < 4.78 is 10.4. The summed E-state index contributed by atoms with van der Waals surface area (Å²) in [5.41, 5.74) is 0.497. The van der Waals surface area contributed by atoms with Gasteiger partial charge in [-0.25, -0.2) is 0 Å². The van der Waals surface area contributed by atoms with Gasteiger partial charge in [0.1, 0.15) is 5.78 Å². The number of ether oxygens (including phenoxy) is 2. The van der Waals surface area contributed by atoms with E-state index in [1.165, 1.54) is 14.2 Å². The normalized spacial score (nSPS) is 18.8. The summed E-state index contributed by atoms with van der Waals surface area (Å²) in [6, 6.07) is 5.22. The molecule has 1 saturated carbocycles. The molecule has 0 N–H and O–H groups in total. The summed E-state index contributed by atoms with van der Waals surface area (Å²) in [4.78, 5) is 23.6. The second kappa shape index (κ2) is 5.21. The van der Waals surface area contributed by atoms with Gasteiger partial charge in [0.05, 0.1) is 19.8 Å². The highest BCUT2D eigenvalue weighted by Crippen LogP contribution is 2.35. The molecule has 4 heteroatoms. The second-order valence-corrected chi connectivity index (χ2v) is 4.38. The number of benzene rings is 1. The van der Waals surface area contributed by atoms with Crippen molar-refractivity contribution in [1.82, 2.24) is 0 Å². The van der Waals surface area contributed by atoms with E-state index in [-0.39, 0.29) is 17.5 Å². The van der Waals surface area contributed by atoms with E-state index in [4.69, 9.17) is 9.47 Å². The van der Waals surface area contributed by atoms with Gasteiger partial charge in [-0.1, -0.05) is 6.07 Å². The third-order valence-electron chi connectivity index (χ3n) is 3.28. The van der Waals surface area contributed by atoms with E-state index in [9.17, 15) is 9.59 Å². The molecule has 0 spiro atoms. The van der Waals surface area contributed by atoms with Gasteiger partial charge in [0, 0.05) is 18.8 Å². The van der Waals surface area contributed by atoms with E-state index < -0.39 is 0 Å². The van der Waals surface area contributed by atoms with Gasteiger partial charge in [-0.05, 0) is 18.6 Å². The van der Waals surface area contributed by atoms with Crippen LogP contribution in [0.3, 0.4) is 0 Å². The number of ketones is 2. The molecule has 4 nitrogen and oxygen atoms in total. The number of methoxy groups -OCH3 is 2. The molecule has 0 bridgehead atoms. The van der Waals surface area contributed by atoms with E-state index in [1.54, 1.807) is 18.2 Å². The van der Waals surface area contributed by atoms with Crippen molar-refractivity contribution in [2.75, 3.05) is 14.2 Å². The molecule has 96 valence electrons. The molecule has 2 rings (SSSR count). The minimum Gasteiger partial charge on any atom is -0.493 e. The van der Waals surface area contributed by atoms with E-state index >= 15 is 0 Å². The smallest absolute Gasteiger partial charge is 0.171 e. The monoisotopic (exact) mass is 248 g/mol. The van der Waals surface area contributed by atoms with Crippen LogP contribution in [0.1, 0.15) is 29.6 Å². The maximum Gasteiger partial charge on any atom is 0.171 e. The zero-order valence-corrected chi connectivity index (χ0v) is 10.6. The molecule has 1 aliphatic rings. The van der Waals surface area contributed by atoms with Gasteiger partial charge >= 0.3 is 0 Å². The van der Waals surface area contributed by atoms with Crippen molar-refractivity contribution in [3.63, 3.8) is 0 Å². The number of hydrogen-bond acceptors (Lipinski definition) is 4. The molecule has 1 aromatic rings. The van der Waals surface area contributed by atoms with Crippen LogP contribution in [0.5, 0.6) is 11.5 Å². The fourth-order valence-electron chi connectivity index (χ4n) is 2.34. The first-order valence-electron chi connectivity index (χ1n) is 5.94. The minimum atomic E-state index is -0.210. The van der Waals surface area contributed by atoms with Crippen LogP contribution in [0.15, 0.2) is 18.2 Å². The Morgan fingerprint density at radius 2 is 2.06 bits per heavy atom. The molecule has 18 heavy (non-hydrogen) atoms. The lowest BCUT2D eigenvalue weighted by Crippen LogP contribution is -2.13. The van der Waals surface area contributed by atoms with E-state index in [2.05, 4.69) is 0 Å². The van der Waals surface area contributed by atoms with E-state index in [0.29, 0.717) is 36.3 Å². The molecular formula is C14H16O4.